The number of halogens is 1. The number of anilines is 2. The molecule has 3 rings (SSSR count). The summed E-state index contributed by atoms with van der Waals surface area (Å²) in [4.78, 5) is 15.0. The number of carbonyl (C=O) groups excluding carboxylic acids is 1. The molecule has 1 heterocycles. The van der Waals surface area contributed by atoms with Crippen LogP contribution in [0.5, 0.6) is 0 Å². The zero-order valence-electron chi connectivity index (χ0n) is 17.7. The highest BCUT2D eigenvalue weighted by atomic mass is 32.2. The Hall–Kier alpha value is -2.49. The molecule has 1 aliphatic heterocycles. The Kier molecular flexibility index (Phi) is 7.64. The Morgan fingerprint density at radius 1 is 1.06 bits per heavy atom. The predicted molar refractivity (Wildman–Crippen MR) is 118 cm³/mol. The van der Waals surface area contributed by atoms with E-state index in [9.17, 15) is 17.6 Å². The molecule has 2 aromatic carbocycles. The van der Waals surface area contributed by atoms with Gasteiger partial charge in [-0.2, -0.15) is 4.72 Å². The molecule has 2 aromatic rings. The molecule has 31 heavy (non-hydrogen) atoms. The second-order valence-electron chi connectivity index (χ2n) is 7.89. The second kappa shape index (κ2) is 10.2. The third-order valence-electron chi connectivity index (χ3n) is 4.96. The fraction of sp³-hybridized carbons (Fsp3) is 0.409. The van der Waals surface area contributed by atoms with Crippen molar-refractivity contribution in [2.45, 2.75) is 31.2 Å². The zero-order chi connectivity index (χ0) is 22.4. The molecule has 1 amide bonds. The van der Waals surface area contributed by atoms with Crippen molar-refractivity contribution in [3.8, 4) is 0 Å². The lowest BCUT2D eigenvalue weighted by Crippen LogP contribution is -2.44. The summed E-state index contributed by atoms with van der Waals surface area (Å²) in [5.74, 6) is -0.898. The molecule has 1 aliphatic rings. The summed E-state index contributed by atoms with van der Waals surface area (Å²) in [7, 11) is -3.98. The molecule has 0 radical (unpaired) electrons. The van der Waals surface area contributed by atoms with Crippen LogP contribution >= 0.6 is 0 Å². The van der Waals surface area contributed by atoms with Crippen LogP contribution in [-0.4, -0.2) is 46.7 Å². The van der Waals surface area contributed by atoms with Crippen LogP contribution in [-0.2, 0) is 19.6 Å². The number of benzene rings is 2. The van der Waals surface area contributed by atoms with E-state index in [1.165, 1.54) is 12.1 Å². The number of carbonyl (C=O) groups is 1. The van der Waals surface area contributed by atoms with E-state index in [0.29, 0.717) is 25.3 Å². The fourth-order valence-corrected chi connectivity index (χ4v) is 4.56. The van der Waals surface area contributed by atoms with E-state index < -0.39 is 27.8 Å². The Morgan fingerprint density at radius 3 is 2.26 bits per heavy atom. The highest BCUT2D eigenvalue weighted by Crippen LogP contribution is 2.20. The van der Waals surface area contributed by atoms with Gasteiger partial charge in [-0.05, 0) is 60.9 Å². The van der Waals surface area contributed by atoms with Crippen LogP contribution in [0.15, 0.2) is 53.4 Å². The van der Waals surface area contributed by atoms with Crippen LogP contribution < -0.4 is 14.9 Å². The van der Waals surface area contributed by atoms with Crippen LogP contribution in [0.3, 0.4) is 0 Å². The minimum absolute atomic E-state index is 0.0790. The SMILES string of the molecule is CC(C)C[C@H](NS(=O)(=O)c1ccc(F)cc1)C(=O)Nc1ccc(N2CCOCC2)cc1. The van der Waals surface area contributed by atoms with E-state index in [4.69, 9.17) is 4.74 Å². The van der Waals surface area contributed by atoms with Crippen molar-refractivity contribution in [3.05, 3.63) is 54.3 Å². The van der Waals surface area contributed by atoms with Gasteiger partial charge >= 0.3 is 0 Å². The highest BCUT2D eigenvalue weighted by molar-refractivity contribution is 7.89. The third-order valence-corrected chi connectivity index (χ3v) is 6.44. The molecule has 1 saturated heterocycles. The Labute approximate surface area is 182 Å². The van der Waals surface area contributed by atoms with Gasteiger partial charge < -0.3 is 15.0 Å². The van der Waals surface area contributed by atoms with E-state index in [2.05, 4.69) is 14.9 Å². The van der Waals surface area contributed by atoms with Crippen LogP contribution in [0.25, 0.3) is 0 Å². The van der Waals surface area contributed by atoms with E-state index in [-0.39, 0.29) is 10.8 Å². The summed E-state index contributed by atoms with van der Waals surface area (Å²) >= 11 is 0. The number of sulfonamides is 1. The van der Waals surface area contributed by atoms with Gasteiger partial charge in [0.05, 0.1) is 18.1 Å². The maximum absolute atomic E-state index is 13.1. The number of ether oxygens (including phenoxy) is 1. The molecule has 2 N–H and O–H groups in total. The number of hydrogen-bond acceptors (Lipinski definition) is 5. The minimum Gasteiger partial charge on any atom is -0.378 e. The Morgan fingerprint density at radius 2 is 1.68 bits per heavy atom. The molecule has 0 aromatic heterocycles. The Balaban J connectivity index is 1.70. The van der Waals surface area contributed by atoms with Gasteiger partial charge in [-0.1, -0.05) is 13.8 Å². The lowest BCUT2D eigenvalue weighted by Gasteiger charge is -2.29. The number of hydrogen-bond donors (Lipinski definition) is 2. The maximum atomic E-state index is 13.1. The standard InChI is InChI=1S/C22H28FN3O4S/c1-16(2)15-21(25-31(28,29)20-9-3-17(23)4-10-20)22(27)24-18-5-7-19(8-6-18)26-11-13-30-14-12-26/h3-10,16,21,25H,11-15H2,1-2H3,(H,24,27)/t21-/m0/s1. The molecule has 7 nitrogen and oxygen atoms in total. The summed E-state index contributed by atoms with van der Waals surface area (Å²) in [6.07, 6.45) is 0.318. The minimum atomic E-state index is -3.98. The first-order chi connectivity index (χ1) is 14.7. The van der Waals surface area contributed by atoms with Gasteiger partial charge in [0.15, 0.2) is 0 Å². The average molecular weight is 450 g/mol. The first-order valence-electron chi connectivity index (χ1n) is 10.3. The van der Waals surface area contributed by atoms with Crippen molar-refractivity contribution in [1.29, 1.82) is 0 Å². The van der Waals surface area contributed by atoms with Gasteiger partial charge in [-0.15, -0.1) is 0 Å². The van der Waals surface area contributed by atoms with Gasteiger partial charge in [0.25, 0.3) is 0 Å². The van der Waals surface area contributed by atoms with Crippen molar-refractivity contribution in [2.24, 2.45) is 5.92 Å². The monoisotopic (exact) mass is 449 g/mol. The van der Waals surface area contributed by atoms with Gasteiger partial charge in [0.1, 0.15) is 11.9 Å². The largest absolute Gasteiger partial charge is 0.378 e. The highest BCUT2D eigenvalue weighted by Gasteiger charge is 2.26. The Bertz CT molecular complexity index is 973. The molecule has 1 atom stereocenters. The normalized spacial score (nSPS) is 15.7. The number of rotatable bonds is 8. The number of morpholine rings is 1. The first-order valence-corrected chi connectivity index (χ1v) is 11.7. The molecule has 0 saturated carbocycles. The van der Waals surface area contributed by atoms with Crippen molar-refractivity contribution >= 4 is 27.3 Å². The summed E-state index contributed by atoms with van der Waals surface area (Å²) in [5, 5.41) is 2.79. The first kappa shape index (κ1) is 23.2. The quantitative estimate of drug-likeness (QED) is 0.647. The fourth-order valence-electron chi connectivity index (χ4n) is 3.36. The van der Waals surface area contributed by atoms with Crippen LogP contribution in [0.1, 0.15) is 20.3 Å². The van der Waals surface area contributed by atoms with Crippen LogP contribution in [0.2, 0.25) is 0 Å². The molecule has 168 valence electrons. The van der Waals surface area contributed by atoms with Crippen LogP contribution in [0, 0.1) is 11.7 Å². The molecule has 9 heteroatoms. The number of nitrogens with zero attached hydrogens (tertiary/aromatic N) is 1. The summed E-state index contributed by atoms with van der Waals surface area (Å²) in [5.41, 5.74) is 1.62. The lowest BCUT2D eigenvalue weighted by molar-refractivity contribution is -0.118. The van der Waals surface area contributed by atoms with Crippen molar-refractivity contribution in [3.63, 3.8) is 0 Å². The zero-order valence-corrected chi connectivity index (χ0v) is 18.5. The summed E-state index contributed by atoms with van der Waals surface area (Å²) in [6.45, 7) is 6.81. The second-order valence-corrected chi connectivity index (χ2v) is 9.61. The van der Waals surface area contributed by atoms with Crippen molar-refractivity contribution < 1.29 is 22.3 Å². The molecule has 0 aliphatic carbocycles. The van der Waals surface area contributed by atoms with Crippen LogP contribution in [0.4, 0.5) is 15.8 Å². The van der Waals surface area contributed by atoms with Gasteiger partial charge in [0, 0.05) is 24.5 Å². The number of amides is 1. The topological polar surface area (TPSA) is 87.7 Å². The lowest BCUT2D eigenvalue weighted by atomic mass is 10.0. The van der Waals surface area contributed by atoms with Gasteiger partial charge in [-0.25, -0.2) is 12.8 Å². The molecular weight excluding hydrogens is 421 g/mol. The van der Waals surface area contributed by atoms with Gasteiger partial charge in [0.2, 0.25) is 15.9 Å². The van der Waals surface area contributed by atoms with E-state index in [0.717, 1.165) is 30.9 Å². The maximum Gasteiger partial charge on any atom is 0.242 e. The molecular formula is C22H28FN3O4S. The smallest absolute Gasteiger partial charge is 0.242 e. The summed E-state index contributed by atoms with van der Waals surface area (Å²) < 4.78 is 46.3. The molecule has 0 unspecified atom stereocenters. The van der Waals surface area contributed by atoms with E-state index in [1.54, 1.807) is 12.1 Å². The molecule has 0 bridgehead atoms. The third kappa shape index (κ3) is 6.49. The van der Waals surface area contributed by atoms with E-state index in [1.807, 2.05) is 26.0 Å². The summed E-state index contributed by atoms with van der Waals surface area (Å²) in [6, 6.07) is 11.0. The van der Waals surface area contributed by atoms with Crippen molar-refractivity contribution in [1.82, 2.24) is 4.72 Å². The molecule has 1 fully saturated rings. The number of nitrogens with one attached hydrogen (secondary N) is 2. The van der Waals surface area contributed by atoms with Crippen molar-refractivity contribution in [2.75, 3.05) is 36.5 Å². The van der Waals surface area contributed by atoms with E-state index >= 15 is 0 Å². The molecule has 0 spiro atoms. The predicted octanol–water partition coefficient (Wildman–Crippen LogP) is 2.99. The average Bonchev–Trinajstić information content (AvgIpc) is 2.74. The van der Waals surface area contributed by atoms with Gasteiger partial charge in [-0.3, -0.25) is 4.79 Å².